The Morgan fingerprint density at radius 3 is 2.15 bits per heavy atom. The molecule has 3 amide bonds. The first kappa shape index (κ1) is 18.4. The summed E-state index contributed by atoms with van der Waals surface area (Å²) in [5.74, 6) is -2.16. The van der Waals surface area contributed by atoms with Crippen LogP contribution in [0.3, 0.4) is 0 Å². The minimum atomic E-state index is -0.615. The Hall–Kier alpha value is -2.44. The average Bonchev–Trinajstić information content (AvgIpc) is 2.82. The minimum Gasteiger partial charge on any atom is -0.340 e. The van der Waals surface area contributed by atoms with Gasteiger partial charge in [0, 0.05) is 19.2 Å². The van der Waals surface area contributed by atoms with E-state index in [-0.39, 0.29) is 27.7 Å². The van der Waals surface area contributed by atoms with Gasteiger partial charge in [0.05, 0.1) is 21.2 Å². The number of likely N-dealkylation sites (N-methyl/N-ethyl adjacent to an activating group) is 1. The van der Waals surface area contributed by atoms with Crippen LogP contribution in [0.4, 0.5) is 4.39 Å². The first-order chi connectivity index (χ1) is 12.3. The number of hydrogen-bond donors (Lipinski definition) is 0. The molecule has 0 N–H and O–H groups in total. The maximum absolute atomic E-state index is 13.7. The number of halogens is 3. The third kappa shape index (κ3) is 3.30. The molecule has 3 rings (SSSR count). The molecule has 0 unspecified atom stereocenters. The van der Waals surface area contributed by atoms with Gasteiger partial charge in [-0.1, -0.05) is 41.4 Å². The lowest BCUT2D eigenvalue weighted by molar-refractivity contribution is -0.130. The molecule has 1 heterocycles. The number of imide groups is 1. The van der Waals surface area contributed by atoms with Gasteiger partial charge in [0.15, 0.2) is 0 Å². The zero-order chi connectivity index (χ0) is 19.0. The largest absolute Gasteiger partial charge is 0.340 e. The molecule has 1 aliphatic rings. The van der Waals surface area contributed by atoms with Gasteiger partial charge < -0.3 is 4.90 Å². The van der Waals surface area contributed by atoms with Crippen molar-refractivity contribution in [2.24, 2.45) is 0 Å². The summed E-state index contributed by atoms with van der Waals surface area (Å²) >= 11 is 11.8. The molecular formula is C18H13Cl2FN2O3. The summed E-state index contributed by atoms with van der Waals surface area (Å²) in [6, 6.07) is 8.69. The molecular weight excluding hydrogens is 382 g/mol. The summed E-state index contributed by atoms with van der Waals surface area (Å²) < 4.78 is 13.7. The normalized spacial score (nSPS) is 13.2. The van der Waals surface area contributed by atoms with Crippen LogP contribution in [0.2, 0.25) is 10.0 Å². The topological polar surface area (TPSA) is 57.7 Å². The third-order valence-electron chi connectivity index (χ3n) is 4.10. The van der Waals surface area contributed by atoms with Gasteiger partial charge in [-0.25, -0.2) is 4.39 Å². The molecule has 0 aliphatic carbocycles. The number of hydrogen-bond acceptors (Lipinski definition) is 3. The maximum Gasteiger partial charge on any atom is 0.262 e. The van der Waals surface area contributed by atoms with Crippen LogP contribution in [0.25, 0.3) is 0 Å². The van der Waals surface area contributed by atoms with Gasteiger partial charge in [-0.2, -0.15) is 0 Å². The number of fused-ring (bicyclic) bond motifs is 1. The highest BCUT2D eigenvalue weighted by Gasteiger charge is 2.37. The lowest BCUT2D eigenvalue weighted by atomic mass is 10.1. The fraction of sp³-hybridized carbons (Fsp3) is 0.167. The second-order valence-electron chi connectivity index (χ2n) is 5.85. The van der Waals surface area contributed by atoms with Crippen LogP contribution < -0.4 is 0 Å². The Balaban J connectivity index is 1.75. The van der Waals surface area contributed by atoms with Gasteiger partial charge in [0.1, 0.15) is 12.4 Å². The predicted molar refractivity (Wildman–Crippen MR) is 94.7 cm³/mol. The van der Waals surface area contributed by atoms with Gasteiger partial charge in [0.25, 0.3) is 11.8 Å². The standard InChI is InChI=1S/C18H13Cl2FN2O3/c1-22(8-10-4-2-3-5-15(10)21)16(24)9-23-17(25)11-6-13(19)14(20)7-12(11)18(23)26/h2-7H,8-9H2,1H3. The summed E-state index contributed by atoms with van der Waals surface area (Å²) in [5.41, 5.74) is 0.548. The van der Waals surface area contributed by atoms with Crippen molar-refractivity contribution < 1.29 is 18.8 Å². The molecule has 0 fully saturated rings. The minimum absolute atomic E-state index is 0.0202. The van der Waals surface area contributed by atoms with Crippen molar-refractivity contribution in [2.45, 2.75) is 6.54 Å². The first-order valence-electron chi connectivity index (χ1n) is 7.62. The molecule has 8 heteroatoms. The summed E-state index contributed by atoms with van der Waals surface area (Å²) in [6.07, 6.45) is 0. The van der Waals surface area contributed by atoms with Crippen LogP contribution in [0.1, 0.15) is 26.3 Å². The van der Waals surface area contributed by atoms with Gasteiger partial charge in [-0.05, 0) is 18.2 Å². The van der Waals surface area contributed by atoms with Crippen molar-refractivity contribution in [1.29, 1.82) is 0 Å². The van der Waals surface area contributed by atoms with E-state index in [1.54, 1.807) is 18.2 Å². The summed E-state index contributed by atoms with van der Waals surface area (Å²) in [6.45, 7) is -0.432. The van der Waals surface area contributed by atoms with E-state index in [1.807, 2.05) is 0 Å². The Kier molecular flexibility index (Phi) is 4.98. The quantitative estimate of drug-likeness (QED) is 0.746. The number of benzene rings is 2. The van der Waals surface area contributed by atoms with Crippen LogP contribution in [-0.4, -0.2) is 41.1 Å². The molecule has 134 valence electrons. The van der Waals surface area contributed by atoms with Gasteiger partial charge in [0.2, 0.25) is 5.91 Å². The Labute approximate surface area is 158 Å². The zero-order valence-electron chi connectivity index (χ0n) is 13.6. The fourth-order valence-electron chi connectivity index (χ4n) is 2.65. The smallest absolute Gasteiger partial charge is 0.262 e. The van der Waals surface area contributed by atoms with Gasteiger partial charge in [-0.15, -0.1) is 0 Å². The molecule has 0 aromatic heterocycles. The van der Waals surface area contributed by atoms with E-state index in [4.69, 9.17) is 23.2 Å². The predicted octanol–water partition coefficient (Wildman–Crippen LogP) is 3.39. The van der Waals surface area contributed by atoms with Crippen molar-refractivity contribution in [1.82, 2.24) is 9.80 Å². The molecule has 2 aromatic carbocycles. The number of rotatable bonds is 4. The Morgan fingerprint density at radius 1 is 1.08 bits per heavy atom. The van der Waals surface area contributed by atoms with E-state index in [0.29, 0.717) is 5.56 Å². The van der Waals surface area contributed by atoms with Crippen molar-refractivity contribution in [3.8, 4) is 0 Å². The van der Waals surface area contributed by atoms with E-state index in [1.165, 1.54) is 30.1 Å². The second kappa shape index (κ2) is 7.05. The van der Waals surface area contributed by atoms with Gasteiger partial charge in [-0.3, -0.25) is 19.3 Å². The molecule has 0 atom stereocenters. The van der Waals surface area contributed by atoms with E-state index in [2.05, 4.69) is 0 Å². The monoisotopic (exact) mass is 394 g/mol. The number of carbonyl (C=O) groups excluding carboxylic acids is 3. The fourth-order valence-corrected chi connectivity index (χ4v) is 2.98. The highest BCUT2D eigenvalue weighted by molar-refractivity contribution is 6.43. The average molecular weight is 395 g/mol. The molecule has 0 saturated heterocycles. The lowest BCUT2D eigenvalue weighted by Crippen LogP contribution is -2.41. The Bertz CT molecular complexity index is 892. The number of carbonyl (C=O) groups is 3. The summed E-state index contributed by atoms with van der Waals surface area (Å²) in [4.78, 5) is 39.3. The number of amides is 3. The molecule has 0 spiro atoms. The molecule has 26 heavy (non-hydrogen) atoms. The summed E-state index contributed by atoms with van der Waals surface area (Å²) in [7, 11) is 1.47. The Morgan fingerprint density at radius 2 is 1.62 bits per heavy atom. The van der Waals surface area contributed by atoms with Crippen LogP contribution in [0.15, 0.2) is 36.4 Å². The van der Waals surface area contributed by atoms with E-state index in [0.717, 1.165) is 4.90 Å². The van der Waals surface area contributed by atoms with Crippen LogP contribution in [-0.2, 0) is 11.3 Å². The van der Waals surface area contributed by atoms with E-state index in [9.17, 15) is 18.8 Å². The molecule has 5 nitrogen and oxygen atoms in total. The van der Waals surface area contributed by atoms with Crippen LogP contribution in [0.5, 0.6) is 0 Å². The maximum atomic E-state index is 13.7. The first-order valence-corrected chi connectivity index (χ1v) is 8.37. The molecule has 1 aliphatic heterocycles. The van der Waals surface area contributed by atoms with Gasteiger partial charge >= 0.3 is 0 Å². The molecule has 0 saturated carbocycles. The number of nitrogens with zero attached hydrogens (tertiary/aromatic N) is 2. The van der Waals surface area contributed by atoms with Crippen molar-refractivity contribution in [2.75, 3.05) is 13.6 Å². The highest BCUT2D eigenvalue weighted by Crippen LogP contribution is 2.31. The molecule has 0 bridgehead atoms. The highest BCUT2D eigenvalue weighted by atomic mass is 35.5. The van der Waals surface area contributed by atoms with Crippen molar-refractivity contribution in [3.05, 3.63) is 69.0 Å². The third-order valence-corrected chi connectivity index (χ3v) is 4.82. The van der Waals surface area contributed by atoms with Crippen LogP contribution >= 0.6 is 23.2 Å². The van der Waals surface area contributed by atoms with Crippen molar-refractivity contribution in [3.63, 3.8) is 0 Å². The SMILES string of the molecule is CN(Cc1ccccc1F)C(=O)CN1C(=O)c2cc(Cl)c(Cl)cc2C1=O. The van der Waals surface area contributed by atoms with E-state index >= 15 is 0 Å². The second-order valence-corrected chi connectivity index (χ2v) is 6.66. The summed E-state index contributed by atoms with van der Waals surface area (Å²) in [5, 5.41) is 0.299. The van der Waals surface area contributed by atoms with Crippen LogP contribution in [0, 0.1) is 5.82 Å². The van der Waals surface area contributed by atoms with Crippen molar-refractivity contribution >= 4 is 40.9 Å². The lowest BCUT2D eigenvalue weighted by Gasteiger charge is -2.21. The zero-order valence-corrected chi connectivity index (χ0v) is 15.1. The molecule has 0 radical (unpaired) electrons. The van der Waals surface area contributed by atoms with E-state index < -0.39 is 30.1 Å². The molecule has 2 aromatic rings.